The van der Waals surface area contributed by atoms with E-state index in [2.05, 4.69) is 41.1 Å². The maximum Gasteiger partial charge on any atom is 0.255 e. The van der Waals surface area contributed by atoms with Gasteiger partial charge in [0, 0.05) is 27.9 Å². The van der Waals surface area contributed by atoms with Crippen LogP contribution in [0.15, 0.2) is 78.7 Å². The minimum absolute atomic E-state index is 0.147. The molecule has 0 saturated carbocycles. The number of halogens is 1. The summed E-state index contributed by atoms with van der Waals surface area (Å²) in [6.45, 7) is 7.55. The SMILES string of the molecule is C=CCN(CC=C)S(=O)(=O)c1ccc(NC(=O)c2cccc(I)c2)cc1. The van der Waals surface area contributed by atoms with Crippen molar-refractivity contribution in [2.45, 2.75) is 4.90 Å². The van der Waals surface area contributed by atoms with Crippen molar-refractivity contribution in [1.82, 2.24) is 4.31 Å². The topological polar surface area (TPSA) is 66.5 Å². The normalized spacial score (nSPS) is 11.2. The highest BCUT2D eigenvalue weighted by atomic mass is 127. The number of sulfonamides is 1. The molecule has 2 aromatic rings. The van der Waals surface area contributed by atoms with Crippen molar-refractivity contribution in [3.8, 4) is 0 Å². The van der Waals surface area contributed by atoms with Gasteiger partial charge in [-0.05, 0) is 65.1 Å². The van der Waals surface area contributed by atoms with Crippen LogP contribution in [0.2, 0.25) is 0 Å². The molecule has 0 aliphatic heterocycles. The zero-order valence-corrected chi connectivity index (χ0v) is 17.0. The van der Waals surface area contributed by atoms with Gasteiger partial charge in [0.15, 0.2) is 0 Å². The Morgan fingerprint density at radius 1 is 1.08 bits per heavy atom. The third-order valence-electron chi connectivity index (χ3n) is 3.50. The number of nitrogens with one attached hydrogen (secondary N) is 1. The summed E-state index contributed by atoms with van der Waals surface area (Å²) in [5, 5.41) is 2.76. The summed E-state index contributed by atoms with van der Waals surface area (Å²) in [6, 6.07) is 13.3. The van der Waals surface area contributed by atoms with Gasteiger partial charge in [0.2, 0.25) is 10.0 Å². The lowest BCUT2D eigenvalue weighted by molar-refractivity contribution is 0.102. The molecule has 0 aliphatic rings. The largest absolute Gasteiger partial charge is 0.322 e. The summed E-state index contributed by atoms with van der Waals surface area (Å²) in [5.74, 6) is -0.251. The lowest BCUT2D eigenvalue weighted by Gasteiger charge is -2.19. The highest BCUT2D eigenvalue weighted by molar-refractivity contribution is 14.1. The predicted octanol–water partition coefficient (Wildman–Crippen LogP) is 3.91. The lowest BCUT2D eigenvalue weighted by atomic mass is 10.2. The molecule has 0 aromatic heterocycles. The van der Waals surface area contributed by atoms with E-state index in [-0.39, 0.29) is 23.9 Å². The number of hydrogen-bond acceptors (Lipinski definition) is 3. The van der Waals surface area contributed by atoms with Gasteiger partial charge < -0.3 is 5.32 Å². The molecule has 5 nitrogen and oxygen atoms in total. The van der Waals surface area contributed by atoms with E-state index >= 15 is 0 Å². The molecule has 0 heterocycles. The van der Waals surface area contributed by atoms with E-state index in [0.717, 1.165) is 3.57 Å². The van der Waals surface area contributed by atoms with Crippen LogP contribution in [0.1, 0.15) is 10.4 Å². The molecular weight excluding hydrogens is 463 g/mol. The Hall–Kier alpha value is -1.97. The monoisotopic (exact) mass is 482 g/mol. The minimum Gasteiger partial charge on any atom is -0.322 e. The molecule has 1 amide bonds. The first-order chi connectivity index (χ1) is 12.4. The summed E-state index contributed by atoms with van der Waals surface area (Å²) in [4.78, 5) is 12.4. The number of hydrogen-bond donors (Lipinski definition) is 1. The van der Waals surface area contributed by atoms with E-state index in [9.17, 15) is 13.2 Å². The number of amides is 1. The number of benzene rings is 2. The van der Waals surface area contributed by atoms with Crippen molar-refractivity contribution in [3.63, 3.8) is 0 Å². The van der Waals surface area contributed by atoms with Crippen molar-refractivity contribution in [2.75, 3.05) is 18.4 Å². The van der Waals surface area contributed by atoms with Gasteiger partial charge in [0.05, 0.1) is 4.90 Å². The fraction of sp³-hybridized carbons (Fsp3) is 0.105. The molecule has 136 valence electrons. The van der Waals surface area contributed by atoms with Crippen molar-refractivity contribution in [2.24, 2.45) is 0 Å². The molecule has 0 fully saturated rings. The summed E-state index contributed by atoms with van der Waals surface area (Å²) < 4.78 is 27.5. The van der Waals surface area contributed by atoms with Crippen LogP contribution >= 0.6 is 22.6 Å². The molecule has 0 bridgehead atoms. The molecule has 1 N–H and O–H groups in total. The molecule has 2 aromatic carbocycles. The first kappa shape index (κ1) is 20.3. The van der Waals surface area contributed by atoms with Crippen molar-refractivity contribution < 1.29 is 13.2 Å². The maximum atomic E-state index is 12.6. The van der Waals surface area contributed by atoms with Gasteiger partial charge in [-0.25, -0.2) is 8.42 Å². The number of rotatable bonds is 8. The minimum atomic E-state index is -3.65. The van der Waals surface area contributed by atoms with Crippen molar-refractivity contribution >= 4 is 44.2 Å². The fourth-order valence-electron chi connectivity index (χ4n) is 2.25. The Labute approximate surface area is 167 Å². The van der Waals surface area contributed by atoms with Gasteiger partial charge in [-0.15, -0.1) is 13.2 Å². The third-order valence-corrected chi connectivity index (χ3v) is 6.02. The maximum absolute atomic E-state index is 12.6. The van der Waals surface area contributed by atoms with Crippen LogP contribution in [0.4, 0.5) is 5.69 Å². The summed E-state index contributed by atoms with van der Waals surface area (Å²) >= 11 is 2.14. The quantitative estimate of drug-likeness (QED) is 0.459. The molecule has 0 saturated heterocycles. The number of anilines is 1. The Kier molecular flexibility index (Phi) is 7.13. The van der Waals surface area contributed by atoms with Crippen LogP contribution in [0, 0.1) is 3.57 Å². The second-order valence-corrected chi connectivity index (χ2v) is 8.57. The fourth-order valence-corrected chi connectivity index (χ4v) is 4.18. The second-order valence-electron chi connectivity index (χ2n) is 5.39. The average Bonchev–Trinajstić information content (AvgIpc) is 2.62. The molecule has 0 spiro atoms. The van der Waals surface area contributed by atoms with Gasteiger partial charge in [0.1, 0.15) is 0 Å². The van der Waals surface area contributed by atoms with Gasteiger partial charge in [-0.2, -0.15) is 4.31 Å². The number of carbonyl (C=O) groups is 1. The molecule has 0 unspecified atom stereocenters. The van der Waals surface area contributed by atoms with Crippen LogP contribution in [0.3, 0.4) is 0 Å². The van der Waals surface area contributed by atoms with Crippen LogP contribution < -0.4 is 5.32 Å². The molecule has 7 heteroatoms. The second kappa shape index (κ2) is 9.11. The van der Waals surface area contributed by atoms with Crippen LogP contribution in [0.5, 0.6) is 0 Å². The average molecular weight is 482 g/mol. The van der Waals surface area contributed by atoms with Crippen LogP contribution in [-0.2, 0) is 10.0 Å². The van der Waals surface area contributed by atoms with E-state index < -0.39 is 10.0 Å². The van der Waals surface area contributed by atoms with Crippen molar-refractivity contribution in [1.29, 1.82) is 0 Å². The summed E-state index contributed by atoms with van der Waals surface area (Å²) in [5.41, 5.74) is 1.06. The van der Waals surface area contributed by atoms with E-state index in [1.165, 1.54) is 28.6 Å². The zero-order valence-electron chi connectivity index (χ0n) is 14.1. The number of nitrogens with zero attached hydrogens (tertiary/aromatic N) is 1. The lowest BCUT2D eigenvalue weighted by Crippen LogP contribution is -2.31. The molecule has 0 radical (unpaired) electrons. The van der Waals surface area contributed by atoms with E-state index in [4.69, 9.17) is 0 Å². The summed E-state index contributed by atoms with van der Waals surface area (Å²) in [7, 11) is -3.65. The van der Waals surface area contributed by atoms with Gasteiger partial charge in [0.25, 0.3) is 5.91 Å². The van der Waals surface area contributed by atoms with E-state index in [0.29, 0.717) is 11.3 Å². The van der Waals surface area contributed by atoms with Gasteiger partial charge >= 0.3 is 0 Å². The van der Waals surface area contributed by atoms with Crippen LogP contribution in [0.25, 0.3) is 0 Å². The predicted molar refractivity (Wildman–Crippen MR) is 113 cm³/mol. The van der Waals surface area contributed by atoms with E-state index in [1.54, 1.807) is 30.3 Å². The Bertz CT molecular complexity index is 899. The third kappa shape index (κ3) is 5.03. The zero-order chi connectivity index (χ0) is 19.2. The molecule has 2 rings (SSSR count). The molecular formula is C19H19IN2O3S. The highest BCUT2D eigenvalue weighted by Crippen LogP contribution is 2.19. The Morgan fingerprint density at radius 2 is 1.69 bits per heavy atom. The number of carbonyl (C=O) groups excluding carboxylic acids is 1. The molecule has 26 heavy (non-hydrogen) atoms. The summed E-state index contributed by atoms with van der Waals surface area (Å²) in [6.07, 6.45) is 3.05. The highest BCUT2D eigenvalue weighted by Gasteiger charge is 2.22. The smallest absolute Gasteiger partial charge is 0.255 e. The molecule has 0 atom stereocenters. The first-order valence-corrected chi connectivity index (χ1v) is 10.3. The van der Waals surface area contributed by atoms with Crippen LogP contribution in [-0.4, -0.2) is 31.7 Å². The first-order valence-electron chi connectivity index (χ1n) is 7.77. The van der Waals surface area contributed by atoms with Gasteiger partial charge in [-0.3, -0.25) is 4.79 Å². The van der Waals surface area contributed by atoms with Gasteiger partial charge in [-0.1, -0.05) is 18.2 Å². The van der Waals surface area contributed by atoms with Crippen molar-refractivity contribution in [3.05, 3.63) is 83.0 Å². The molecule has 0 aliphatic carbocycles. The van der Waals surface area contributed by atoms with E-state index in [1.807, 2.05) is 6.07 Å². The standard InChI is InChI=1S/C19H19IN2O3S/c1-3-12-22(13-4-2)26(24,25)18-10-8-17(9-11-18)21-19(23)15-6-5-7-16(20)14-15/h3-11,14H,1-2,12-13H2,(H,21,23). The Morgan fingerprint density at radius 3 is 2.23 bits per heavy atom. The Balaban J connectivity index is 2.18.